The van der Waals surface area contributed by atoms with Gasteiger partial charge >= 0.3 is 0 Å². The van der Waals surface area contributed by atoms with E-state index in [9.17, 15) is 0 Å². The lowest BCUT2D eigenvalue weighted by Gasteiger charge is -2.09. The van der Waals surface area contributed by atoms with Crippen LogP contribution in [0.1, 0.15) is 18.4 Å². The van der Waals surface area contributed by atoms with Crippen molar-refractivity contribution in [2.45, 2.75) is 12.8 Å². The van der Waals surface area contributed by atoms with Crippen molar-refractivity contribution in [2.75, 3.05) is 20.1 Å². The Kier molecular flexibility index (Phi) is 6.25. The van der Waals surface area contributed by atoms with Gasteiger partial charge in [0.1, 0.15) is 10.2 Å². The van der Waals surface area contributed by atoms with E-state index in [1.54, 1.807) is 14.2 Å². The van der Waals surface area contributed by atoms with Gasteiger partial charge in [-0.2, -0.15) is 0 Å². The van der Waals surface area contributed by atoms with E-state index in [1.165, 1.54) is 0 Å². The fraction of sp³-hybridized carbons (Fsp3) is 0.385. The second kappa shape index (κ2) is 7.47. The molecule has 0 atom stereocenters. The lowest BCUT2D eigenvalue weighted by atomic mass is 10.2. The molecular formula is C13H14BrClO2. The van der Waals surface area contributed by atoms with Crippen LogP contribution in [0.3, 0.4) is 0 Å². The van der Waals surface area contributed by atoms with E-state index in [2.05, 4.69) is 27.8 Å². The first kappa shape index (κ1) is 14.2. The van der Waals surface area contributed by atoms with E-state index < -0.39 is 0 Å². The van der Waals surface area contributed by atoms with E-state index in [0.29, 0.717) is 11.6 Å². The van der Waals surface area contributed by atoms with Gasteiger partial charge in [0, 0.05) is 12.3 Å². The summed E-state index contributed by atoms with van der Waals surface area (Å²) in [7, 11) is 3.23. The first-order valence-electron chi connectivity index (χ1n) is 5.20. The van der Waals surface area contributed by atoms with Crippen LogP contribution in [0.4, 0.5) is 0 Å². The van der Waals surface area contributed by atoms with Crippen LogP contribution in [0.15, 0.2) is 16.6 Å². The smallest absolute Gasteiger partial charge is 0.152 e. The van der Waals surface area contributed by atoms with Gasteiger partial charge < -0.3 is 9.47 Å². The molecule has 1 aromatic carbocycles. The molecule has 0 aliphatic rings. The van der Waals surface area contributed by atoms with Gasteiger partial charge in [0.25, 0.3) is 0 Å². The number of alkyl halides is 1. The maximum atomic E-state index is 5.59. The molecular weight excluding hydrogens is 303 g/mol. The third kappa shape index (κ3) is 3.83. The lowest BCUT2D eigenvalue weighted by molar-refractivity contribution is 0.389. The van der Waals surface area contributed by atoms with Crippen LogP contribution in [0.5, 0.6) is 11.5 Å². The number of ether oxygens (including phenoxy) is 2. The summed E-state index contributed by atoms with van der Waals surface area (Å²) in [5, 5.41) is 0. The van der Waals surface area contributed by atoms with Crippen molar-refractivity contribution in [3.05, 3.63) is 22.2 Å². The van der Waals surface area contributed by atoms with Crippen LogP contribution >= 0.6 is 27.5 Å². The molecule has 1 aromatic rings. The summed E-state index contributed by atoms with van der Waals surface area (Å²) in [4.78, 5) is 0. The molecule has 0 unspecified atom stereocenters. The molecule has 0 amide bonds. The van der Waals surface area contributed by atoms with Gasteiger partial charge in [-0.05, 0) is 34.5 Å². The van der Waals surface area contributed by atoms with Crippen LogP contribution in [-0.4, -0.2) is 20.1 Å². The Labute approximate surface area is 115 Å². The molecule has 0 radical (unpaired) electrons. The second-order valence-electron chi connectivity index (χ2n) is 3.26. The highest BCUT2D eigenvalue weighted by Gasteiger charge is 2.10. The number of halogens is 2. The molecule has 2 nitrogen and oxygen atoms in total. The van der Waals surface area contributed by atoms with Gasteiger partial charge in [-0.25, -0.2) is 0 Å². The minimum atomic E-state index is 0.637. The Bertz CT molecular complexity index is 435. The second-order valence-corrected chi connectivity index (χ2v) is 4.43. The van der Waals surface area contributed by atoms with Crippen molar-refractivity contribution >= 4 is 27.5 Å². The van der Waals surface area contributed by atoms with Crippen LogP contribution in [0.25, 0.3) is 0 Å². The van der Waals surface area contributed by atoms with E-state index in [0.717, 1.165) is 28.6 Å². The highest BCUT2D eigenvalue weighted by Crippen LogP contribution is 2.36. The van der Waals surface area contributed by atoms with Gasteiger partial charge in [0.15, 0.2) is 5.75 Å². The maximum absolute atomic E-state index is 5.59. The number of rotatable bonds is 4. The average molecular weight is 318 g/mol. The standard InChI is InChI=1S/C13H14BrClO2/c1-16-11-8-7-10(6-4-3-5-9-15)13(17-2)12(11)14/h7-8H,3,5,9H2,1-2H3. The van der Waals surface area contributed by atoms with Crippen molar-refractivity contribution in [3.8, 4) is 23.3 Å². The summed E-state index contributed by atoms with van der Waals surface area (Å²) in [6.07, 6.45) is 1.69. The van der Waals surface area contributed by atoms with Crippen molar-refractivity contribution < 1.29 is 9.47 Å². The van der Waals surface area contributed by atoms with Crippen molar-refractivity contribution in [3.63, 3.8) is 0 Å². The van der Waals surface area contributed by atoms with Crippen LogP contribution < -0.4 is 9.47 Å². The zero-order chi connectivity index (χ0) is 12.7. The van der Waals surface area contributed by atoms with Gasteiger partial charge in [0.05, 0.1) is 19.8 Å². The predicted molar refractivity (Wildman–Crippen MR) is 74.1 cm³/mol. The fourth-order valence-corrected chi connectivity index (χ4v) is 2.11. The number of hydrogen-bond acceptors (Lipinski definition) is 2. The summed E-state index contributed by atoms with van der Waals surface area (Å²) < 4.78 is 11.3. The van der Waals surface area contributed by atoms with Crippen LogP contribution in [0, 0.1) is 11.8 Å². The molecule has 0 N–H and O–H groups in total. The van der Waals surface area contributed by atoms with Crippen molar-refractivity contribution in [1.82, 2.24) is 0 Å². The predicted octanol–water partition coefficient (Wildman–Crippen LogP) is 3.84. The van der Waals surface area contributed by atoms with E-state index in [1.807, 2.05) is 12.1 Å². The molecule has 0 fully saturated rings. The Hall–Kier alpha value is -0.850. The Morgan fingerprint density at radius 1 is 1.29 bits per heavy atom. The molecule has 4 heteroatoms. The molecule has 17 heavy (non-hydrogen) atoms. The fourth-order valence-electron chi connectivity index (χ4n) is 1.31. The van der Waals surface area contributed by atoms with Crippen molar-refractivity contribution in [2.24, 2.45) is 0 Å². The molecule has 0 aromatic heterocycles. The molecule has 0 saturated carbocycles. The number of benzene rings is 1. The third-order valence-corrected chi connectivity index (χ3v) is 3.16. The SMILES string of the molecule is COc1ccc(C#CCCCCl)c(OC)c1Br. The largest absolute Gasteiger partial charge is 0.495 e. The summed E-state index contributed by atoms with van der Waals surface area (Å²) in [5.41, 5.74) is 0.842. The number of methoxy groups -OCH3 is 2. The molecule has 0 bridgehead atoms. The molecule has 92 valence electrons. The maximum Gasteiger partial charge on any atom is 0.152 e. The van der Waals surface area contributed by atoms with Gasteiger partial charge in [-0.3, -0.25) is 0 Å². The molecule has 0 heterocycles. The molecule has 1 rings (SSSR count). The van der Waals surface area contributed by atoms with Crippen LogP contribution in [-0.2, 0) is 0 Å². The molecule has 0 aliphatic heterocycles. The summed E-state index contributed by atoms with van der Waals surface area (Å²) >= 11 is 9.03. The van der Waals surface area contributed by atoms with Gasteiger partial charge in [-0.15, -0.1) is 11.6 Å². The van der Waals surface area contributed by atoms with Crippen molar-refractivity contribution in [1.29, 1.82) is 0 Å². The van der Waals surface area contributed by atoms with Gasteiger partial charge in [0.2, 0.25) is 0 Å². The summed E-state index contributed by atoms with van der Waals surface area (Å²) in [5.74, 6) is 8.20. The zero-order valence-electron chi connectivity index (χ0n) is 9.85. The first-order valence-corrected chi connectivity index (χ1v) is 6.52. The van der Waals surface area contributed by atoms with Crippen LogP contribution in [0.2, 0.25) is 0 Å². The summed E-state index contributed by atoms with van der Waals surface area (Å²) in [6.45, 7) is 0. The minimum absolute atomic E-state index is 0.637. The molecule has 0 spiro atoms. The van der Waals surface area contributed by atoms with E-state index >= 15 is 0 Å². The highest BCUT2D eigenvalue weighted by molar-refractivity contribution is 9.10. The normalized spacial score (nSPS) is 9.41. The zero-order valence-corrected chi connectivity index (χ0v) is 12.2. The monoisotopic (exact) mass is 316 g/mol. The minimum Gasteiger partial charge on any atom is -0.495 e. The molecule has 0 saturated heterocycles. The third-order valence-electron chi connectivity index (χ3n) is 2.14. The summed E-state index contributed by atoms with van der Waals surface area (Å²) in [6, 6.07) is 3.74. The average Bonchev–Trinajstić information content (AvgIpc) is 2.35. The topological polar surface area (TPSA) is 18.5 Å². The highest BCUT2D eigenvalue weighted by atomic mass is 79.9. The van der Waals surface area contributed by atoms with Gasteiger partial charge in [-0.1, -0.05) is 11.8 Å². The quantitative estimate of drug-likeness (QED) is 0.477. The molecule has 0 aliphatic carbocycles. The van der Waals surface area contributed by atoms with E-state index in [4.69, 9.17) is 21.1 Å². The van der Waals surface area contributed by atoms with E-state index in [-0.39, 0.29) is 0 Å². The Balaban J connectivity index is 2.99. The Morgan fingerprint density at radius 3 is 2.65 bits per heavy atom. The number of unbranched alkanes of at least 4 members (excludes halogenated alkanes) is 1. The number of hydrogen-bond donors (Lipinski definition) is 0. The Morgan fingerprint density at radius 2 is 2.06 bits per heavy atom. The lowest BCUT2D eigenvalue weighted by Crippen LogP contribution is -1.92. The first-order chi connectivity index (χ1) is 8.24.